The Hall–Kier alpha value is -0.830. The molecule has 0 aliphatic heterocycles. The van der Waals surface area contributed by atoms with E-state index in [2.05, 4.69) is 40.7 Å². The molecule has 0 saturated heterocycles. The number of esters is 1. The number of fused-ring (bicyclic) bond motifs is 5. The summed E-state index contributed by atoms with van der Waals surface area (Å²) in [5.74, 6) is 4.32. The molecule has 0 amide bonds. The van der Waals surface area contributed by atoms with Gasteiger partial charge in [0.25, 0.3) is 0 Å². The van der Waals surface area contributed by atoms with Crippen LogP contribution >= 0.6 is 0 Å². The minimum absolute atomic E-state index is 0.0432. The zero-order chi connectivity index (χ0) is 24.0. The van der Waals surface area contributed by atoms with E-state index in [1.165, 1.54) is 44.9 Å². The van der Waals surface area contributed by atoms with E-state index in [1.54, 1.807) is 5.57 Å². The van der Waals surface area contributed by atoms with Crippen LogP contribution in [0.4, 0.5) is 0 Å². The highest BCUT2D eigenvalue weighted by Crippen LogP contribution is 2.67. The van der Waals surface area contributed by atoms with Crippen LogP contribution in [0.5, 0.6) is 0 Å². The van der Waals surface area contributed by atoms with Crippen LogP contribution in [-0.4, -0.2) is 23.3 Å². The van der Waals surface area contributed by atoms with Gasteiger partial charge in [0.15, 0.2) is 0 Å². The average Bonchev–Trinajstić information content (AvgIpc) is 3.14. The molecule has 2 unspecified atom stereocenters. The van der Waals surface area contributed by atoms with Gasteiger partial charge in [-0.05, 0) is 104 Å². The van der Waals surface area contributed by atoms with E-state index >= 15 is 0 Å². The van der Waals surface area contributed by atoms with Crippen LogP contribution in [0, 0.1) is 46.3 Å². The Morgan fingerprint density at radius 2 is 1.85 bits per heavy atom. The highest BCUT2D eigenvalue weighted by Gasteiger charge is 2.59. The van der Waals surface area contributed by atoms with E-state index < -0.39 is 0 Å². The number of aliphatic hydroxyl groups is 1. The van der Waals surface area contributed by atoms with Crippen molar-refractivity contribution < 1.29 is 14.6 Å². The standard InChI is InChI=1S/C30H50O3/c1-7-28(32)33-22-14-16-29(5)21(18-22)9-10-23-25-12-11-24(30(25,6)17-15-26(23)29)20(4)8-13-27(31)19(2)3/h9,19-20,22-27,31H,7-8,10-18H2,1-6H3/t20-,22?,23+,24-,25+,26+,27?,29+,30-/m1/s1. The molecule has 0 spiro atoms. The molecule has 188 valence electrons. The van der Waals surface area contributed by atoms with Crippen molar-refractivity contribution in [3.05, 3.63) is 11.6 Å². The van der Waals surface area contributed by atoms with Crippen molar-refractivity contribution in [3.8, 4) is 0 Å². The second kappa shape index (κ2) is 9.67. The molecule has 1 N–H and O–H groups in total. The topological polar surface area (TPSA) is 46.5 Å². The van der Waals surface area contributed by atoms with Crippen molar-refractivity contribution in [2.75, 3.05) is 0 Å². The molecule has 3 heteroatoms. The molecule has 3 saturated carbocycles. The quantitative estimate of drug-likeness (QED) is 0.321. The fraction of sp³-hybridized carbons (Fsp3) is 0.900. The second-order valence-corrected chi connectivity index (χ2v) is 13.1. The Kier molecular flexibility index (Phi) is 7.40. The number of ether oxygens (including phenoxy) is 1. The van der Waals surface area contributed by atoms with Crippen LogP contribution in [0.3, 0.4) is 0 Å². The van der Waals surface area contributed by atoms with E-state index in [0.29, 0.717) is 29.1 Å². The first-order valence-corrected chi connectivity index (χ1v) is 14.2. The molecule has 4 rings (SSSR count). The number of allylic oxidation sites excluding steroid dienone is 1. The predicted octanol–water partition coefficient (Wildman–Crippen LogP) is 7.32. The highest BCUT2D eigenvalue weighted by atomic mass is 16.5. The molecule has 0 bridgehead atoms. The van der Waals surface area contributed by atoms with Crippen LogP contribution < -0.4 is 0 Å². The largest absolute Gasteiger partial charge is 0.462 e. The summed E-state index contributed by atoms with van der Waals surface area (Å²) in [5.41, 5.74) is 2.38. The van der Waals surface area contributed by atoms with Gasteiger partial charge in [-0.3, -0.25) is 4.79 Å². The summed E-state index contributed by atoms with van der Waals surface area (Å²) in [6, 6.07) is 0. The van der Waals surface area contributed by atoms with Crippen LogP contribution in [0.15, 0.2) is 11.6 Å². The maximum atomic E-state index is 11.9. The first kappa shape index (κ1) is 25.3. The smallest absolute Gasteiger partial charge is 0.305 e. The van der Waals surface area contributed by atoms with Crippen molar-refractivity contribution in [2.45, 2.75) is 124 Å². The molecule has 0 aromatic heterocycles. The third kappa shape index (κ3) is 4.57. The summed E-state index contributed by atoms with van der Waals surface area (Å²) < 4.78 is 5.75. The van der Waals surface area contributed by atoms with Crippen LogP contribution in [0.25, 0.3) is 0 Å². The van der Waals surface area contributed by atoms with Gasteiger partial charge in [-0.2, -0.15) is 0 Å². The zero-order valence-electron chi connectivity index (χ0n) is 22.2. The number of aliphatic hydroxyl groups excluding tert-OH is 1. The normalized spacial score (nSPS) is 42.1. The van der Waals surface area contributed by atoms with Gasteiger partial charge in [0.1, 0.15) is 6.10 Å². The molecule has 0 radical (unpaired) electrons. The van der Waals surface area contributed by atoms with E-state index in [0.717, 1.165) is 42.9 Å². The first-order chi connectivity index (χ1) is 15.6. The fourth-order valence-electron chi connectivity index (χ4n) is 8.94. The second-order valence-electron chi connectivity index (χ2n) is 13.1. The molecule has 0 aromatic carbocycles. The van der Waals surface area contributed by atoms with Crippen molar-refractivity contribution >= 4 is 5.97 Å². The molecule has 3 nitrogen and oxygen atoms in total. The van der Waals surface area contributed by atoms with Gasteiger partial charge in [0.05, 0.1) is 6.10 Å². The van der Waals surface area contributed by atoms with Gasteiger partial charge in [0, 0.05) is 12.8 Å². The number of carbonyl (C=O) groups excluding carboxylic acids is 1. The Labute approximate surface area is 203 Å². The number of hydrogen-bond acceptors (Lipinski definition) is 3. The molecule has 4 aliphatic carbocycles. The Morgan fingerprint density at radius 1 is 1.09 bits per heavy atom. The van der Waals surface area contributed by atoms with Gasteiger partial charge >= 0.3 is 5.97 Å². The molecule has 0 aromatic rings. The summed E-state index contributed by atoms with van der Waals surface area (Å²) >= 11 is 0. The van der Waals surface area contributed by atoms with Crippen molar-refractivity contribution in [1.29, 1.82) is 0 Å². The molecule has 9 atom stereocenters. The maximum absolute atomic E-state index is 11.9. The van der Waals surface area contributed by atoms with Crippen molar-refractivity contribution in [3.63, 3.8) is 0 Å². The van der Waals surface area contributed by atoms with Gasteiger partial charge in [-0.1, -0.05) is 53.2 Å². The minimum Gasteiger partial charge on any atom is -0.462 e. The molecule has 33 heavy (non-hydrogen) atoms. The van der Waals surface area contributed by atoms with Gasteiger partial charge in [0.2, 0.25) is 0 Å². The molecule has 3 fully saturated rings. The summed E-state index contributed by atoms with van der Waals surface area (Å²) in [5, 5.41) is 10.4. The summed E-state index contributed by atoms with van der Waals surface area (Å²) in [6.07, 6.45) is 15.0. The highest BCUT2D eigenvalue weighted by molar-refractivity contribution is 5.69. The third-order valence-electron chi connectivity index (χ3n) is 11.1. The van der Waals surface area contributed by atoms with Gasteiger partial charge < -0.3 is 9.84 Å². The Bertz CT molecular complexity index is 741. The third-order valence-corrected chi connectivity index (χ3v) is 11.1. The Balaban J connectivity index is 1.45. The first-order valence-electron chi connectivity index (χ1n) is 14.2. The average molecular weight is 459 g/mol. The summed E-state index contributed by atoms with van der Waals surface area (Å²) in [7, 11) is 0. The molecule has 0 heterocycles. The number of hydrogen-bond donors (Lipinski definition) is 1. The number of carbonyl (C=O) groups is 1. The Morgan fingerprint density at radius 3 is 2.55 bits per heavy atom. The van der Waals surface area contributed by atoms with Crippen molar-refractivity contribution in [1.82, 2.24) is 0 Å². The minimum atomic E-state index is -0.151. The van der Waals surface area contributed by atoms with E-state index in [4.69, 9.17) is 4.74 Å². The van der Waals surface area contributed by atoms with Crippen LogP contribution in [0.1, 0.15) is 112 Å². The summed E-state index contributed by atoms with van der Waals surface area (Å²) in [6.45, 7) is 13.8. The van der Waals surface area contributed by atoms with E-state index in [9.17, 15) is 9.90 Å². The van der Waals surface area contributed by atoms with Crippen LogP contribution in [0.2, 0.25) is 0 Å². The van der Waals surface area contributed by atoms with E-state index in [-0.39, 0.29) is 18.2 Å². The summed E-state index contributed by atoms with van der Waals surface area (Å²) in [4.78, 5) is 11.9. The lowest BCUT2D eigenvalue weighted by Crippen LogP contribution is -2.51. The molecular weight excluding hydrogens is 408 g/mol. The lowest BCUT2D eigenvalue weighted by molar-refractivity contribution is -0.151. The lowest BCUT2D eigenvalue weighted by atomic mass is 9.47. The molecule has 4 aliphatic rings. The van der Waals surface area contributed by atoms with Gasteiger partial charge in [-0.25, -0.2) is 0 Å². The lowest BCUT2D eigenvalue weighted by Gasteiger charge is -2.58. The fourth-order valence-corrected chi connectivity index (χ4v) is 8.94. The SMILES string of the molecule is CCC(=O)OC1CC[C@@]2(C)C(=CC[C@H]3[C@@H]4CC[C@H]([C@H](C)CCC(O)C(C)C)[C@@]4(C)CC[C@@H]32)C1. The monoisotopic (exact) mass is 458 g/mol. The zero-order valence-corrected chi connectivity index (χ0v) is 22.2. The van der Waals surface area contributed by atoms with Crippen LogP contribution in [-0.2, 0) is 9.53 Å². The predicted molar refractivity (Wildman–Crippen MR) is 135 cm³/mol. The number of rotatable bonds is 7. The van der Waals surface area contributed by atoms with E-state index in [1.807, 2.05) is 6.92 Å². The maximum Gasteiger partial charge on any atom is 0.305 e. The van der Waals surface area contributed by atoms with Gasteiger partial charge in [-0.15, -0.1) is 0 Å². The molecular formula is C30H50O3. The van der Waals surface area contributed by atoms with Crippen molar-refractivity contribution in [2.24, 2.45) is 46.3 Å².